The molecule has 1 heterocycles. The smallest absolute Gasteiger partial charge is 0.293 e. The number of allylic oxidation sites excluding steroid dienone is 2. The summed E-state index contributed by atoms with van der Waals surface area (Å²) in [6.45, 7) is 3.86. The molecule has 0 aliphatic heterocycles. The lowest BCUT2D eigenvalue weighted by atomic mass is 10.1. The van der Waals surface area contributed by atoms with Gasteiger partial charge in [-0.05, 0) is 49.6 Å². The Balaban J connectivity index is 2.30. The van der Waals surface area contributed by atoms with Gasteiger partial charge in [0.2, 0.25) is 5.82 Å². The first kappa shape index (κ1) is 20.1. The lowest BCUT2D eigenvalue weighted by molar-refractivity contribution is 0.0954. The topological polar surface area (TPSA) is 78.7 Å². The van der Waals surface area contributed by atoms with Crippen LogP contribution in [-0.4, -0.2) is 22.1 Å². The molecule has 0 aliphatic carbocycles. The highest BCUT2D eigenvalue weighted by Gasteiger charge is 2.14. The Hall–Kier alpha value is -2.24. The third kappa shape index (κ3) is 5.13. The fourth-order valence-electron chi connectivity index (χ4n) is 2.30. The minimum Gasteiger partial charge on any atom is -0.323 e. The molecular formula is C19H20Cl2N4O. The first-order valence-electron chi connectivity index (χ1n) is 8.26. The highest BCUT2D eigenvalue weighted by molar-refractivity contribution is 6.35. The number of benzene rings is 1. The summed E-state index contributed by atoms with van der Waals surface area (Å²) in [6, 6.07) is 6.73. The van der Waals surface area contributed by atoms with Gasteiger partial charge in [-0.3, -0.25) is 4.79 Å². The van der Waals surface area contributed by atoms with Gasteiger partial charge in [-0.1, -0.05) is 36.5 Å². The Morgan fingerprint density at radius 1 is 1.31 bits per heavy atom. The minimum absolute atomic E-state index is 0.0327. The van der Waals surface area contributed by atoms with Crippen LogP contribution in [0.3, 0.4) is 0 Å². The van der Waals surface area contributed by atoms with Crippen LogP contribution in [-0.2, 0) is 0 Å². The fraction of sp³-hybridized carbons (Fsp3) is 0.263. The van der Waals surface area contributed by atoms with E-state index in [0.717, 1.165) is 12.8 Å². The number of aromatic nitrogens is 2. The third-order valence-electron chi connectivity index (χ3n) is 3.80. The molecule has 0 saturated carbocycles. The highest BCUT2D eigenvalue weighted by atomic mass is 35.5. The molecule has 2 N–H and O–H groups in total. The average Bonchev–Trinajstić information content (AvgIpc) is 2.66. The van der Waals surface area contributed by atoms with Crippen LogP contribution in [0.4, 0.5) is 0 Å². The normalized spacial score (nSPS) is 11.7. The molecule has 1 aromatic carbocycles. The molecule has 7 heteroatoms. The van der Waals surface area contributed by atoms with Gasteiger partial charge in [0.1, 0.15) is 0 Å². The summed E-state index contributed by atoms with van der Waals surface area (Å²) in [5.41, 5.74) is 2.57. The number of nitrogens with one attached hydrogen (secondary N) is 2. The molecule has 0 bridgehead atoms. The van der Waals surface area contributed by atoms with Crippen LogP contribution in [0.15, 0.2) is 41.7 Å². The Labute approximate surface area is 163 Å². The number of carbonyl (C=O) groups is 1. The number of rotatable bonds is 7. The van der Waals surface area contributed by atoms with Crippen LogP contribution in [0.25, 0.3) is 11.3 Å². The number of nitrogens with zero attached hydrogens (tertiary/aromatic N) is 2. The zero-order valence-electron chi connectivity index (χ0n) is 14.6. The molecule has 1 aromatic heterocycles. The number of unbranched alkanes of at least 4 members (excludes halogenated alkanes) is 1. The summed E-state index contributed by atoms with van der Waals surface area (Å²) in [6.07, 6.45) is 5.33. The zero-order chi connectivity index (χ0) is 19.1. The lowest BCUT2D eigenvalue weighted by Crippen LogP contribution is -2.26. The maximum Gasteiger partial charge on any atom is 0.293 e. The molecule has 0 spiro atoms. The monoisotopic (exact) mass is 390 g/mol. The lowest BCUT2D eigenvalue weighted by Gasteiger charge is -2.12. The van der Waals surface area contributed by atoms with E-state index in [0.29, 0.717) is 39.0 Å². The van der Waals surface area contributed by atoms with Crippen molar-refractivity contribution in [1.29, 1.82) is 5.41 Å². The number of amides is 1. The van der Waals surface area contributed by atoms with E-state index in [2.05, 4.69) is 22.2 Å². The number of halogens is 2. The van der Waals surface area contributed by atoms with Gasteiger partial charge in [-0.25, -0.2) is 9.97 Å². The quantitative estimate of drug-likeness (QED) is 0.629. The average molecular weight is 391 g/mol. The third-order valence-corrected chi connectivity index (χ3v) is 4.36. The van der Waals surface area contributed by atoms with E-state index in [1.807, 2.05) is 0 Å². The predicted molar refractivity (Wildman–Crippen MR) is 106 cm³/mol. The van der Waals surface area contributed by atoms with Gasteiger partial charge in [-0.2, -0.15) is 0 Å². The number of carbonyl (C=O) groups excluding carboxylic acids is 1. The van der Waals surface area contributed by atoms with Gasteiger partial charge in [0.05, 0.1) is 10.7 Å². The van der Waals surface area contributed by atoms with Crippen molar-refractivity contribution < 1.29 is 4.79 Å². The van der Waals surface area contributed by atoms with Gasteiger partial charge in [0, 0.05) is 28.7 Å². The molecule has 2 rings (SSSR count). The fourth-order valence-corrected chi connectivity index (χ4v) is 2.69. The summed E-state index contributed by atoms with van der Waals surface area (Å²) in [4.78, 5) is 20.9. The molecular weight excluding hydrogens is 371 g/mol. The van der Waals surface area contributed by atoms with Crippen molar-refractivity contribution in [1.82, 2.24) is 15.3 Å². The van der Waals surface area contributed by atoms with E-state index < -0.39 is 5.91 Å². The first-order chi connectivity index (χ1) is 12.5. The van der Waals surface area contributed by atoms with E-state index in [-0.39, 0.29) is 5.82 Å². The zero-order valence-corrected chi connectivity index (χ0v) is 16.2. The predicted octanol–water partition coefficient (Wildman–Crippen LogP) is 5.29. The maximum absolute atomic E-state index is 12.6. The molecule has 5 nitrogen and oxygen atoms in total. The second-order valence-corrected chi connectivity index (χ2v) is 6.60. The first-order valence-corrected chi connectivity index (χ1v) is 9.02. The van der Waals surface area contributed by atoms with Crippen molar-refractivity contribution in [2.75, 3.05) is 0 Å². The van der Waals surface area contributed by atoms with Crippen LogP contribution in [0.5, 0.6) is 0 Å². The summed E-state index contributed by atoms with van der Waals surface area (Å²) in [7, 11) is 0. The Morgan fingerprint density at radius 3 is 2.77 bits per heavy atom. The molecule has 1 amide bonds. The molecule has 0 aliphatic rings. The van der Waals surface area contributed by atoms with E-state index >= 15 is 0 Å². The van der Waals surface area contributed by atoms with Crippen molar-refractivity contribution >= 4 is 35.3 Å². The van der Waals surface area contributed by atoms with Crippen LogP contribution in [0.1, 0.15) is 43.7 Å². The number of hydrogen-bond acceptors (Lipinski definition) is 4. The largest absolute Gasteiger partial charge is 0.323 e. The van der Waals surface area contributed by atoms with Crippen molar-refractivity contribution in [3.63, 3.8) is 0 Å². The Morgan fingerprint density at radius 2 is 2.08 bits per heavy atom. The minimum atomic E-state index is -0.419. The SMILES string of the molecule is CCCC/C(NC(=O)c1nccc(-c2cc(Cl)ccc2Cl)n1)=C(/C)C=N. The van der Waals surface area contributed by atoms with E-state index in [9.17, 15) is 4.79 Å². The molecule has 0 saturated heterocycles. The van der Waals surface area contributed by atoms with Crippen LogP contribution >= 0.6 is 23.2 Å². The molecule has 136 valence electrons. The van der Waals surface area contributed by atoms with Gasteiger partial charge >= 0.3 is 0 Å². The van der Waals surface area contributed by atoms with Crippen LogP contribution in [0, 0.1) is 5.41 Å². The molecule has 0 fully saturated rings. The van der Waals surface area contributed by atoms with Gasteiger partial charge < -0.3 is 10.7 Å². The van der Waals surface area contributed by atoms with Gasteiger partial charge in [0.15, 0.2) is 0 Å². The Bertz CT molecular complexity index is 849. The Kier molecular flexibility index (Phi) is 7.30. The van der Waals surface area contributed by atoms with Crippen molar-refractivity contribution in [3.8, 4) is 11.3 Å². The second-order valence-electron chi connectivity index (χ2n) is 5.75. The second kappa shape index (κ2) is 9.46. The van der Waals surface area contributed by atoms with Crippen molar-refractivity contribution in [2.24, 2.45) is 0 Å². The van der Waals surface area contributed by atoms with E-state index in [1.165, 1.54) is 12.4 Å². The highest BCUT2D eigenvalue weighted by Crippen LogP contribution is 2.29. The standard InChI is InChI=1S/C19H20Cl2N4O/c1-3-4-5-16(12(2)11-22)25-19(26)18-23-9-8-17(24-18)14-10-13(20)6-7-15(14)21/h6-11,22H,3-5H2,1-2H3,(H,25,26)/b16-12+,22-11?. The van der Waals surface area contributed by atoms with Crippen LogP contribution < -0.4 is 5.32 Å². The maximum atomic E-state index is 12.6. The van der Waals surface area contributed by atoms with Crippen molar-refractivity contribution in [3.05, 3.63) is 57.6 Å². The van der Waals surface area contributed by atoms with Gasteiger partial charge in [0.25, 0.3) is 5.91 Å². The molecule has 0 radical (unpaired) electrons. The van der Waals surface area contributed by atoms with E-state index in [4.69, 9.17) is 28.6 Å². The molecule has 0 atom stereocenters. The number of hydrogen-bond donors (Lipinski definition) is 2. The summed E-state index contributed by atoms with van der Waals surface area (Å²) < 4.78 is 0. The molecule has 0 unspecified atom stereocenters. The van der Waals surface area contributed by atoms with Gasteiger partial charge in [-0.15, -0.1) is 0 Å². The van der Waals surface area contributed by atoms with E-state index in [1.54, 1.807) is 31.2 Å². The van der Waals surface area contributed by atoms with Crippen LogP contribution in [0.2, 0.25) is 10.0 Å². The van der Waals surface area contributed by atoms with Crippen molar-refractivity contribution in [2.45, 2.75) is 33.1 Å². The summed E-state index contributed by atoms with van der Waals surface area (Å²) >= 11 is 12.2. The summed E-state index contributed by atoms with van der Waals surface area (Å²) in [5, 5.41) is 11.3. The molecule has 26 heavy (non-hydrogen) atoms. The summed E-state index contributed by atoms with van der Waals surface area (Å²) in [5.74, 6) is -0.386. The molecule has 2 aromatic rings.